The van der Waals surface area contributed by atoms with Gasteiger partial charge in [0.15, 0.2) is 9.84 Å². The third-order valence-corrected chi connectivity index (χ3v) is 7.44. The average Bonchev–Trinajstić information content (AvgIpc) is 3.41. The van der Waals surface area contributed by atoms with Gasteiger partial charge in [-0.3, -0.25) is 9.78 Å². The van der Waals surface area contributed by atoms with Crippen molar-refractivity contribution in [3.63, 3.8) is 0 Å². The van der Waals surface area contributed by atoms with Gasteiger partial charge in [0.25, 0.3) is 0 Å². The lowest BCUT2D eigenvalue weighted by atomic mass is 10.2. The Balaban J connectivity index is 1.49. The minimum Gasteiger partial charge on any atom is -0.332 e. The van der Waals surface area contributed by atoms with Gasteiger partial charge in [0.05, 0.1) is 23.2 Å². The van der Waals surface area contributed by atoms with Gasteiger partial charge < -0.3 is 9.47 Å². The fourth-order valence-electron chi connectivity index (χ4n) is 4.07. The fraction of sp³-hybridized carbons (Fsp3) is 0.348. The van der Waals surface area contributed by atoms with Crippen LogP contribution < -0.4 is 0 Å². The van der Waals surface area contributed by atoms with E-state index in [1.165, 1.54) is 0 Å². The second-order valence-electron chi connectivity index (χ2n) is 7.83. The van der Waals surface area contributed by atoms with Crippen LogP contribution in [0.3, 0.4) is 0 Å². The van der Waals surface area contributed by atoms with E-state index in [1.54, 1.807) is 41.4 Å². The summed E-state index contributed by atoms with van der Waals surface area (Å²) < 4.78 is 27.3. The maximum absolute atomic E-state index is 13.0. The van der Waals surface area contributed by atoms with Crippen LogP contribution in [0.1, 0.15) is 42.4 Å². The number of benzene rings is 1. The molecule has 8 heteroatoms. The number of aromatic nitrogens is 3. The first kappa shape index (κ1) is 21.2. The van der Waals surface area contributed by atoms with Crippen molar-refractivity contribution in [3.05, 3.63) is 78.1 Å². The first-order valence-corrected chi connectivity index (χ1v) is 12.1. The highest BCUT2D eigenvalue weighted by atomic mass is 32.2. The molecule has 3 heterocycles. The van der Waals surface area contributed by atoms with Gasteiger partial charge in [-0.15, -0.1) is 0 Å². The first-order chi connectivity index (χ1) is 15.0. The molecule has 1 fully saturated rings. The first-order valence-electron chi connectivity index (χ1n) is 10.4. The summed E-state index contributed by atoms with van der Waals surface area (Å²) in [6, 6.07) is 12.1. The topological polar surface area (TPSA) is 85.2 Å². The van der Waals surface area contributed by atoms with Crippen molar-refractivity contribution in [3.8, 4) is 0 Å². The van der Waals surface area contributed by atoms with Gasteiger partial charge in [0.2, 0.25) is 5.91 Å². The van der Waals surface area contributed by atoms with Crippen molar-refractivity contribution in [1.82, 2.24) is 19.4 Å². The van der Waals surface area contributed by atoms with Gasteiger partial charge in [-0.25, -0.2) is 13.4 Å². The highest BCUT2D eigenvalue weighted by Gasteiger charge is 2.33. The van der Waals surface area contributed by atoms with E-state index in [0.29, 0.717) is 13.1 Å². The number of aryl methyl sites for hydroxylation is 1. The third kappa shape index (κ3) is 4.69. The van der Waals surface area contributed by atoms with Gasteiger partial charge in [-0.2, -0.15) is 0 Å². The van der Waals surface area contributed by atoms with Crippen LogP contribution in [0.2, 0.25) is 0 Å². The van der Waals surface area contributed by atoms with Crippen molar-refractivity contribution in [2.75, 3.05) is 12.3 Å². The summed E-state index contributed by atoms with van der Waals surface area (Å²) in [5, 5.41) is 0. The predicted molar refractivity (Wildman–Crippen MR) is 117 cm³/mol. The lowest BCUT2D eigenvalue weighted by Gasteiger charge is -2.25. The number of hydrogen-bond donors (Lipinski definition) is 0. The van der Waals surface area contributed by atoms with Crippen LogP contribution in [0.25, 0.3) is 0 Å². The van der Waals surface area contributed by atoms with E-state index < -0.39 is 9.84 Å². The Kier molecular flexibility index (Phi) is 6.18. The number of hydrogen-bond acceptors (Lipinski definition) is 5. The summed E-state index contributed by atoms with van der Waals surface area (Å²) in [6.07, 6.45) is 7.06. The molecule has 1 aliphatic rings. The molecule has 4 rings (SSSR count). The van der Waals surface area contributed by atoms with Gasteiger partial charge in [-0.1, -0.05) is 24.3 Å². The summed E-state index contributed by atoms with van der Waals surface area (Å²) in [7, 11) is -3.49. The second-order valence-corrected chi connectivity index (χ2v) is 9.94. The Labute approximate surface area is 182 Å². The molecular weight excluding hydrogens is 412 g/mol. The van der Waals surface area contributed by atoms with Gasteiger partial charge in [0, 0.05) is 37.3 Å². The molecule has 1 aliphatic heterocycles. The predicted octanol–water partition coefficient (Wildman–Crippen LogP) is 3.16. The molecule has 0 radical (unpaired) electrons. The number of carbonyl (C=O) groups is 1. The van der Waals surface area contributed by atoms with E-state index in [0.717, 1.165) is 29.9 Å². The summed E-state index contributed by atoms with van der Waals surface area (Å²) in [4.78, 5) is 23.8. The fourth-order valence-corrected chi connectivity index (χ4v) is 5.32. The third-order valence-electron chi connectivity index (χ3n) is 5.71. The molecule has 31 heavy (non-hydrogen) atoms. The lowest BCUT2D eigenvalue weighted by Crippen LogP contribution is -2.33. The minimum atomic E-state index is -3.49. The Morgan fingerprint density at radius 2 is 1.94 bits per heavy atom. The maximum Gasteiger partial charge on any atom is 0.224 e. The largest absolute Gasteiger partial charge is 0.332 e. The molecular formula is C23H26N4O3S. The zero-order valence-electron chi connectivity index (χ0n) is 17.5. The van der Waals surface area contributed by atoms with E-state index in [-0.39, 0.29) is 29.0 Å². The number of amides is 1. The lowest BCUT2D eigenvalue weighted by molar-refractivity contribution is -0.131. The minimum absolute atomic E-state index is 0.0317. The van der Waals surface area contributed by atoms with Crippen molar-refractivity contribution < 1.29 is 13.2 Å². The highest BCUT2D eigenvalue weighted by molar-refractivity contribution is 7.91. The quantitative estimate of drug-likeness (QED) is 0.566. The molecule has 3 aromatic rings. The molecule has 1 aromatic carbocycles. The maximum atomic E-state index is 13.0. The van der Waals surface area contributed by atoms with Crippen LogP contribution in [0.4, 0.5) is 0 Å². The number of sulfone groups is 1. The number of carbonyl (C=O) groups excluding carboxylic acids is 1. The van der Waals surface area contributed by atoms with Gasteiger partial charge in [0.1, 0.15) is 5.82 Å². The monoisotopic (exact) mass is 438 g/mol. The molecule has 0 spiro atoms. The highest BCUT2D eigenvalue weighted by Crippen LogP contribution is 2.32. The SMILES string of the molecule is Cc1cnc(C2CCCN2C(=O)CCS(=O)(=O)c2ccccc2)n1Cc1cccnc1. The number of likely N-dealkylation sites (tertiary alicyclic amines) is 1. The van der Waals surface area contributed by atoms with Gasteiger partial charge in [-0.05, 0) is 43.5 Å². The van der Waals surface area contributed by atoms with Crippen LogP contribution in [0.5, 0.6) is 0 Å². The number of rotatable bonds is 7. The molecule has 2 aromatic heterocycles. The zero-order chi connectivity index (χ0) is 21.8. The van der Waals surface area contributed by atoms with E-state index in [2.05, 4.69) is 14.5 Å². The summed E-state index contributed by atoms with van der Waals surface area (Å²) in [6.45, 7) is 3.25. The second kappa shape index (κ2) is 9.01. The van der Waals surface area contributed by atoms with Crippen LogP contribution in [0.15, 0.2) is 66.0 Å². The molecule has 0 aliphatic carbocycles. The Morgan fingerprint density at radius 1 is 1.13 bits per heavy atom. The van der Waals surface area contributed by atoms with Crippen LogP contribution in [-0.4, -0.2) is 46.1 Å². The molecule has 0 N–H and O–H groups in total. The number of pyridine rings is 1. The summed E-state index contributed by atoms with van der Waals surface area (Å²) in [5.41, 5.74) is 2.08. The van der Waals surface area contributed by atoms with E-state index in [1.807, 2.05) is 31.5 Å². The van der Waals surface area contributed by atoms with Crippen LogP contribution >= 0.6 is 0 Å². The van der Waals surface area contributed by atoms with E-state index in [9.17, 15) is 13.2 Å². The molecule has 1 saturated heterocycles. The van der Waals surface area contributed by atoms with Crippen molar-refractivity contribution in [2.24, 2.45) is 0 Å². The molecule has 1 atom stereocenters. The standard InChI is InChI=1S/C23H26N4O3S/c1-18-15-25-23(27(18)17-19-7-5-12-24-16-19)21-10-6-13-26(21)22(28)11-14-31(29,30)20-8-3-2-4-9-20/h2-5,7-9,12,15-16,21H,6,10-11,13-14,17H2,1H3. The number of nitrogens with zero attached hydrogens (tertiary/aromatic N) is 4. The molecule has 0 bridgehead atoms. The van der Waals surface area contributed by atoms with Crippen molar-refractivity contribution in [2.45, 2.75) is 43.7 Å². The Bertz CT molecular complexity index is 1140. The zero-order valence-corrected chi connectivity index (χ0v) is 18.3. The summed E-state index contributed by atoms with van der Waals surface area (Å²) in [5.74, 6) is 0.510. The van der Waals surface area contributed by atoms with Crippen molar-refractivity contribution in [1.29, 1.82) is 0 Å². The van der Waals surface area contributed by atoms with Gasteiger partial charge >= 0.3 is 0 Å². The number of imidazole rings is 1. The van der Waals surface area contributed by atoms with Crippen molar-refractivity contribution >= 4 is 15.7 Å². The molecule has 0 saturated carbocycles. The molecule has 7 nitrogen and oxygen atoms in total. The van der Waals surface area contributed by atoms with E-state index in [4.69, 9.17) is 0 Å². The normalized spacial score (nSPS) is 16.5. The average molecular weight is 439 g/mol. The molecule has 1 unspecified atom stereocenters. The molecule has 162 valence electrons. The van der Waals surface area contributed by atoms with Crippen LogP contribution in [0, 0.1) is 6.92 Å². The van der Waals surface area contributed by atoms with Crippen LogP contribution in [-0.2, 0) is 21.2 Å². The Morgan fingerprint density at radius 3 is 2.68 bits per heavy atom. The van der Waals surface area contributed by atoms with E-state index >= 15 is 0 Å². The summed E-state index contributed by atoms with van der Waals surface area (Å²) >= 11 is 0. The smallest absolute Gasteiger partial charge is 0.224 e. The Hall–Kier alpha value is -3.00. The molecule has 1 amide bonds.